The number of hydrogen-bond acceptors (Lipinski definition) is 5. The number of carbonyl (C=O) groups excluding carboxylic acids is 3. The van der Waals surface area contributed by atoms with Crippen LogP contribution in [0.25, 0.3) is 21.5 Å². The van der Waals surface area contributed by atoms with Crippen LogP contribution in [0.15, 0.2) is 131 Å². The van der Waals surface area contributed by atoms with Crippen molar-refractivity contribution >= 4 is 50.3 Å². The molecule has 2 atom stereocenters. The van der Waals surface area contributed by atoms with Gasteiger partial charge in [0.05, 0.1) is 17.4 Å². The summed E-state index contributed by atoms with van der Waals surface area (Å²) in [7, 11) is 4.23. The lowest BCUT2D eigenvalue weighted by Crippen LogP contribution is -2.41. The fourth-order valence-electron chi connectivity index (χ4n) is 9.56. The largest absolute Gasteiger partial charge is 0.347 e. The maximum atomic E-state index is 13.9. The predicted molar refractivity (Wildman–Crippen MR) is 213 cm³/mol. The van der Waals surface area contributed by atoms with Gasteiger partial charge in [0.2, 0.25) is 0 Å². The lowest BCUT2D eigenvalue weighted by atomic mass is 9.74. The van der Waals surface area contributed by atoms with E-state index >= 15 is 0 Å². The number of anilines is 2. The van der Waals surface area contributed by atoms with E-state index in [1.54, 1.807) is 13.8 Å². The summed E-state index contributed by atoms with van der Waals surface area (Å²) in [6.07, 6.45) is 9.99. The molecule has 4 aromatic rings. The zero-order valence-corrected chi connectivity index (χ0v) is 31.4. The molecule has 5 heteroatoms. The molecule has 2 saturated carbocycles. The molecule has 0 aromatic heterocycles. The summed E-state index contributed by atoms with van der Waals surface area (Å²) < 4.78 is 0. The molecular weight excluding hydrogens is 641 g/mol. The minimum atomic E-state index is -0.847. The summed E-state index contributed by atoms with van der Waals surface area (Å²) in [6.45, 7) is 12.4. The van der Waals surface area contributed by atoms with Gasteiger partial charge in [-0.1, -0.05) is 101 Å². The minimum absolute atomic E-state index is 0.188. The van der Waals surface area contributed by atoms with Crippen LogP contribution in [-0.2, 0) is 25.2 Å². The second-order valence-corrected chi connectivity index (χ2v) is 16.0. The van der Waals surface area contributed by atoms with Crippen molar-refractivity contribution in [1.29, 1.82) is 0 Å². The second-order valence-electron chi connectivity index (χ2n) is 16.0. The molecule has 0 amide bonds. The smallest absolute Gasteiger partial charge is 0.177 e. The van der Waals surface area contributed by atoms with Crippen LogP contribution >= 0.6 is 0 Å². The highest BCUT2D eigenvalue weighted by molar-refractivity contribution is 6.35. The number of allylic oxidation sites excluding steroid dienone is 10. The molecule has 52 heavy (non-hydrogen) atoms. The van der Waals surface area contributed by atoms with E-state index < -0.39 is 11.8 Å². The van der Waals surface area contributed by atoms with E-state index in [1.165, 1.54) is 44.0 Å². The number of fused-ring (bicyclic) bond motifs is 6. The van der Waals surface area contributed by atoms with Gasteiger partial charge in [-0.05, 0) is 100 Å². The van der Waals surface area contributed by atoms with E-state index in [4.69, 9.17) is 0 Å². The number of benzene rings is 4. The fourth-order valence-corrected chi connectivity index (χ4v) is 9.56. The molecule has 0 N–H and O–H groups in total. The van der Waals surface area contributed by atoms with Crippen LogP contribution in [0.1, 0.15) is 65.5 Å². The van der Waals surface area contributed by atoms with Crippen molar-refractivity contribution < 1.29 is 14.4 Å². The highest BCUT2D eigenvalue weighted by atomic mass is 16.2. The summed E-state index contributed by atoms with van der Waals surface area (Å²) >= 11 is 0. The van der Waals surface area contributed by atoms with Crippen LogP contribution in [0.3, 0.4) is 0 Å². The SMILES string of the molecule is CC1C(=O)C(=C2/C(=C/C=C3/N(C)c4ccc5ccccc5c4C3(C)C)CC/C2=C\C=C2\N(C)c3ccc4ccccc4c3C2(C)C)C(=O)C(C)C1=O. The molecule has 4 aromatic carbocycles. The minimum Gasteiger partial charge on any atom is -0.347 e. The Morgan fingerprint density at radius 1 is 0.558 bits per heavy atom. The van der Waals surface area contributed by atoms with Gasteiger partial charge in [0.15, 0.2) is 17.3 Å². The van der Waals surface area contributed by atoms with Crippen LogP contribution in [0.4, 0.5) is 11.4 Å². The van der Waals surface area contributed by atoms with Gasteiger partial charge in [0.1, 0.15) is 0 Å². The first-order valence-corrected chi connectivity index (χ1v) is 18.5. The van der Waals surface area contributed by atoms with Crippen LogP contribution in [0.5, 0.6) is 0 Å². The standard InChI is InChI=1S/C47H46N2O3/c1-27-43(50)28(2)45(52)40(44(27)51)39-31(21-25-37-46(3,4)41-33-15-11-9-13-29(33)19-23-35(41)48(37)7)17-18-32(39)22-26-38-47(5,6)42-34-16-12-10-14-30(34)20-24-36(42)49(38)8/h9-16,19-28H,17-18H2,1-8H3/b31-21+,32-22+,37-25+,38-26+. The predicted octanol–water partition coefficient (Wildman–Crippen LogP) is 9.85. The molecule has 5 nitrogen and oxygen atoms in total. The first-order chi connectivity index (χ1) is 24.7. The van der Waals surface area contributed by atoms with Gasteiger partial charge in [-0.15, -0.1) is 0 Å². The van der Waals surface area contributed by atoms with E-state index in [0.717, 1.165) is 22.5 Å². The van der Waals surface area contributed by atoms with Crippen molar-refractivity contribution in [2.45, 2.75) is 65.2 Å². The maximum absolute atomic E-state index is 13.9. The molecule has 2 fully saturated rings. The summed E-state index contributed by atoms with van der Waals surface area (Å²) in [5, 5.41) is 4.92. The normalized spacial score (nSPS) is 25.6. The van der Waals surface area contributed by atoms with Crippen molar-refractivity contribution in [3.05, 3.63) is 142 Å². The molecule has 8 rings (SSSR count). The van der Waals surface area contributed by atoms with Crippen molar-refractivity contribution in [1.82, 2.24) is 0 Å². The summed E-state index contributed by atoms with van der Waals surface area (Å²) in [5.41, 5.74) is 9.51. The molecule has 4 aliphatic rings. The number of likely N-dealkylation sites (N-methyl/N-ethyl adjacent to an activating group) is 2. The Morgan fingerprint density at radius 3 is 1.38 bits per heavy atom. The molecule has 2 aliphatic heterocycles. The third-order valence-corrected chi connectivity index (χ3v) is 12.4. The molecular formula is C47H46N2O3. The number of rotatable bonds is 2. The number of nitrogens with zero attached hydrogens (tertiary/aromatic N) is 2. The highest BCUT2D eigenvalue weighted by Crippen LogP contribution is 2.52. The number of Topliss-reactive ketones (excluding diaryl/α,β-unsaturated/α-hetero) is 3. The topological polar surface area (TPSA) is 57.7 Å². The van der Waals surface area contributed by atoms with Gasteiger partial charge < -0.3 is 9.80 Å². The van der Waals surface area contributed by atoms with Gasteiger partial charge in [-0.2, -0.15) is 0 Å². The Kier molecular flexibility index (Phi) is 7.73. The third kappa shape index (κ3) is 4.78. The lowest BCUT2D eigenvalue weighted by molar-refractivity contribution is -0.140. The molecule has 0 spiro atoms. The van der Waals surface area contributed by atoms with Crippen LogP contribution < -0.4 is 9.80 Å². The van der Waals surface area contributed by atoms with Crippen LogP contribution in [0.2, 0.25) is 0 Å². The van der Waals surface area contributed by atoms with Gasteiger partial charge in [0, 0.05) is 47.7 Å². The first kappa shape index (κ1) is 33.8. The van der Waals surface area contributed by atoms with Gasteiger partial charge in [-0.25, -0.2) is 0 Å². The molecule has 0 saturated heterocycles. The first-order valence-electron chi connectivity index (χ1n) is 18.5. The maximum Gasteiger partial charge on any atom is 0.177 e. The number of carbonyl (C=O) groups is 3. The van der Waals surface area contributed by atoms with Crippen molar-refractivity contribution in [2.75, 3.05) is 23.9 Å². The zero-order chi connectivity index (χ0) is 36.9. The molecule has 2 heterocycles. The Bertz CT molecular complexity index is 2270. The van der Waals surface area contributed by atoms with Crippen molar-refractivity contribution in [3.63, 3.8) is 0 Å². The van der Waals surface area contributed by atoms with E-state index in [1.807, 2.05) is 0 Å². The summed E-state index contributed by atoms with van der Waals surface area (Å²) in [4.78, 5) is 45.4. The molecule has 2 aliphatic carbocycles. The third-order valence-electron chi connectivity index (χ3n) is 12.4. The van der Waals surface area contributed by atoms with E-state index in [2.05, 4.69) is 149 Å². The van der Waals surface area contributed by atoms with E-state index in [0.29, 0.717) is 18.4 Å². The Morgan fingerprint density at radius 2 is 0.962 bits per heavy atom. The molecule has 262 valence electrons. The summed E-state index contributed by atoms with van der Waals surface area (Å²) in [5.74, 6) is -2.72. The van der Waals surface area contributed by atoms with E-state index in [9.17, 15) is 14.4 Å². The number of ketones is 3. The molecule has 0 radical (unpaired) electrons. The van der Waals surface area contributed by atoms with Crippen molar-refractivity contribution in [3.8, 4) is 0 Å². The highest BCUT2D eigenvalue weighted by Gasteiger charge is 2.45. The van der Waals surface area contributed by atoms with Crippen LogP contribution in [0, 0.1) is 11.8 Å². The summed E-state index contributed by atoms with van der Waals surface area (Å²) in [6, 6.07) is 25.8. The Balaban J connectivity index is 1.26. The number of hydrogen-bond donors (Lipinski definition) is 0. The molecule has 0 bridgehead atoms. The Labute approximate surface area is 306 Å². The average molecular weight is 687 g/mol. The molecule has 2 unspecified atom stereocenters. The quantitative estimate of drug-likeness (QED) is 0.119. The van der Waals surface area contributed by atoms with Crippen LogP contribution in [-0.4, -0.2) is 31.4 Å². The van der Waals surface area contributed by atoms with Gasteiger partial charge in [-0.3, -0.25) is 14.4 Å². The lowest BCUT2D eigenvalue weighted by Gasteiger charge is -2.26. The van der Waals surface area contributed by atoms with Gasteiger partial charge in [0.25, 0.3) is 0 Å². The Hall–Kier alpha value is -5.29. The zero-order valence-electron chi connectivity index (χ0n) is 31.4. The van der Waals surface area contributed by atoms with E-state index in [-0.39, 0.29) is 33.8 Å². The monoisotopic (exact) mass is 686 g/mol. The average Bonchev–Trinajstić information content (AvgIpc) is 3.68. The van der Waals surface area contributed by atoms with Gasteiger partial charge >= 0.3 is 0 Å². The van der Waals surface area contributed by atoms with Crippen molar-refractivity contribution in [2.24, 2.45) is 11.8 Å². The second kappa shape index (κ2) is 11.9. The fraction of sp³-hybridized carbons (Fsp3) is 0.298.